The zero-order valence-corrected chi connectivity index (χ0v) is 18.2. The molecular formula is C22H26ClN3O3S. The van der Waals surface area contributed by atoms with Crippen LogP contribution in [0.15, 0.2) is 77.7 Å². The lowest BCUT2D eigenvalue weighted by Gasteiger charge is -2.19. The Bertz CT molecular complexity index is 1060. The predicted octanol–water partition coefficient (Wildman–Crippen LogP) is 4.22. The van der Waals surface area contributed by atoms with Crippen LogP contribution in [0.1, 0.15) is 24.1 Å². The summed E-state index contributed by atoms with van der Waals surface area (Å²) in [5.41, 5.74) is 8.62. The first-order valence-corrected chi connectivity index (χ1v) is 10.9. The highest BCUT2D eigenvalue weighted by Crippen LogP contribution is 2.37. The van der Waals surface area contributed by atoms with Crippen molar-refractivity contribution in [3.8, 4) is 11.5 Å². The molecule has 0 aliphatic rings. The maximum absolute atomic E-state index is 12.3. The van der Waals surface area contributed by atoms with E-state index >= 15 is 0 Å². The normalized spacial score (nSPS) is 12.0. The van der Waals surface area contributed by atoms with E-state index in [0.29, 0.717) is 24.4 Å². The lowest BCUT2D eigenvalue weighted by atomic mass is 9.99. The number of nitrogens with two attached hydrogens (primary N) is 2. The van der Waals surface area contributed by atoms with Gasteiger partial charge in [0.2, 0.25) is 10.0 Å². The topological polar surface area (TPSA) is 107 Å². The van der Waals surface area contributed by atoms with Crippen molar-refractivity contribution < 1.29 is 13.2 Å². The maximum Gasteiger partial charge on any atom is 0.241 e. The van der Waals surface area contributed by atoms with Gasteiger partial charge in [0, 0.05) is 12.6 Å². The molecule has 5 N–H and O–H groups in total. The molecule has 3 aromatic rings. The van der Waals surface area contributed by atoms with Crippen LogP contribution in [0.5, 0.6) is 11.5 Å². The van der Waals surface area contributed by atoms with Crippen molar-refractivity contribution in [3.05, 3.63) is 83.9 Å². The number of para-hydroxylation sites is 1. The standard InChI is InChI=1S/C22H25N3O3S.ClH/c1-2-25-20-14-16(13-19(23)17-9-5-3-6-10-17)15-21(29(24,26)27)22(20)28-18-11-7-4-8-12-18;/h3-12,14-15,19,25H,2,13,23H2,1H3,(H2,24,26,27);1H. The quantitative estimate of drug-likeness (QED) is 0.479. The lowest BCUT2D eigenvalue weighted by molar-refractivity contribution is 0.469. The van der Waals surface area contributed by atoms with E-state index in [1.807, 2.05) is 61.5 Å². The highest BCUT2D eigenvalue weighted by atomic mass is 35.5. The number of anilines is 1. The van der Waals surface area contributed by atoms with Gasteiger partial charge in [-0.3, -0.25) is 0 Å². The Labute approximate surface area is 183 Å². The summed E-state index contributed by atoms with van der Waals surface area (Å²) in [6, 6.07) is 21.8. The van der Waals surface area contributed by atoms with Crippen LogP contribution < -0.4 is 20.9 Å². The average Bonchev–Trinajstić information content (AvgIpc) is 2.70. The van der Waals surface area contributed by atoms with Crippen molar-refractivity contribution in [1.82, 2.24) is 0 Å². The van der Waals surface area contributed by atoms with Gasteiger partial charge in [0.15, 0.2) is 5.75 Å². The number of hydrogen-bond acceptors (Lipinski definition) is 5. The number of ether oxygens (including phenoxy) is 1. The molecule has 30 heavy (non-hydrogen) atoms. The Morgan fingerprint density at radius 1 is 1.00 bits per heavy atom. The van der Waals surface area contributed by atoms with Crippen LogP contribution in [0.4, 0.5) is 5.69 Å². The molecule has 3 rings (SSSR count). The maximum atomic E-state index is 12.3. The highest BCUT2D eigenvalue weighted by molar-refractivity contribution is 7.89. The second-order valence-electron chi connectivity index (χ2n) is 6.68. The van der Waals surface area contributed by atoms with Crippen LogP contribution in [0.2, 0.25) is 0 Å². The highest BCUT2D eigenvalue weighted by Gasteiger charge is 2.22. The molecule has 0 radical (unpaired) electrons. The SMILES string of the molecule is CCNc1cc(CC(N)c2ccccc2)cc(S(N)(=O)=O)c1Oc1ccccc1.Cl. The molecule has 8 heteroatoms. The van der Waals surface area contributed by atoms with Crippen LogP contribution in [-0.2, 0) is 16.4 Å². The van der Waals surface area contributed by atoms with Crippen molar-refractivity contribution in [3.63, 3.8) is 0 Å². The minimum atomic E-state index is -4.02. The summed E-state index contributed by atoms with van der Waals surface area (Å²) in [6.07, 6.45) is 0.455. The summed E-state index contributed by atoms with van der Waals surface area (Å²) in [6.45, 7) is 2.51. The molecule has 0 spiro atoms. The molecule has 0 aromatic heterocycles. The molecule has 0 bridgehead atoms. The minimum absolute atomic E-state index is 0. The fourth-order valence-corrected chi connectivity index (χ4v) is 3.82. The van der Waals surface area contributed by atoms with Crippen LogP contribution in [0, 0.1) is 0 Å². The lowest BCUT2D eigenvalue weighted by Crippen LogP contribution is -2.17. The van der Waals surface area contributed by atoms with E-state index in [1.165, 1.54) is 6.07 Å². The summed E-state index contributed by atoms with van der Waals surface area (Å²) in [4.78, 5) is -0.0740. The van der Waals surface area contributed by atoms with E-state index in [-0.39, 0.29) is 29.1 Å². The molecule has 160 valence electrons. The number of nitrogens with one attached hydrogen (secondary N) is 1. The third-order valence-corrected chi connectivity index (χ3v) is 5.35. The van der Waals surface area contributed by atoms with Crippen molar-refractivity contribution in [2.75, 3.05) is 11.9 Å². The zero-order valence-electron chi connectivity index (χ0n) is 16.6. The van der Waals surface area contributed by atoms with Crippen LogP contribution in [-0.4, -0.2) is 15.0 Å². The largest absolute Gasteiger partial charge is 0.454 e. The number of primary sulfonamides is 1. The van der Waals surface area contributed by atoms with E-state index in [2.05, 4.69) is 5.32 Å². The second-order valence-corrected chi connectivity index (χ2v) is 8.21. The number of hydrogen-bond donors (Lipinski definition) is 3. The first kappa shape index (κ1) is 23.7. The molecule has 0 fully saturated rings. The van der Waals surface area contributed by atoms with E-state index in [9.17, 15) is 8.42 Å². The number of sulfonamides is 1. The monoisotopic (exact) mass is 447 g/mol. The van der Waals surface area contributed by atoms with Gasteiger partial charge in [0.1, 0.15) is 10.6 Å². The molecule has 0 amide bonds. The van der Waals surface area contributed by atoms with Gasteiger partial charge in [0.25, 0.3) is 0 Å². The Kier molecular flexibility index (Phi) is 8.25. The van der Waals surface area contributed by atoms with Crippen molar-refractivity contribution in [2.24, 2.45) is 10.9 Å². The third-order valence-electron chi connectivity index (χ3n) is 4.43. The van der Waals surface area contributed by atoms with Gasteiger partial charge >= 0.3 is 0 Å². The number of rotatable bonds is 8. The molecule has 0 heterocycles. The third kappa shape index (κ3) is 5.96. The summed E-state index contributed by atoms with van der Waals surface area (Å²) in [5, 5.41) is 8.70. The van der Waals surface area contributed by atoms with Gasteiger partial charge in [-0.25, -0.2) is 13.6 Å². The van der Waals surface area contributed by atoms with Crippen molar-refractivity contribution in [2.45, 2.75) is 24.3 Å². The van der Waals surface area contributed by atoms with Gasteiger partial charge in [0.05, 0.1) is 5.69 Å². The molecular weight excluding hydrogens is 422 g/mol. The fourth-order valence-electron chi connectivity index (χ4n) is 3.09. The average molecular weight is 448 g/mol. The molecule has 6 nitrogen and oxygen atoms in total. The minimum Gasteiger partial charge on any atom is -0.454 e. The van der Waals surface area contributed by atoms with E-state index in [1.54, 1.807) is 12.1 Å². The van der Waals surface area contributed by atoms with E-state index < -0.39 is 10.0 Å². The van der Waals surface area contributed by atoms with Gasteiger partial charge in [-0.05, 0) is 48.7 Å². The van der Waals surface area contributed by atoms with Crippen molar-refractivity contribution in [1.29, 1.82) is 0 Å². The Morgan fingerprint density at radius 2 is 1.60 bits per heavy atom. The zero-order chi connectivity index (χ0) is 20.9. The summed E-state index contributed by atoms with van der Waals surface area (Å²) in [7, 11) is -4.02. The van der Waals surface area contributed by atoms with Crippen LogP contribution in [0.25, 0.3) is 0 Å². The number of halogens is 1. The van der Waals surface area contributed by atoms with Gasteiger partial charge < -0.3 is 15.8 Å². The molecule has 1 unspecified atom stereocenters. The molecule has 0 aliphatic carbocycles. The van der Waals surface area contributed by atoms with E-state index in [0.717, 1.165) is 11.1 Å². The van der Waals surface area contributed by atoms with Gasteiger partial charge in [-0.2, -0.15) is 0 Å². The molecule has 0 saturated heterocycles. The molecule has 0 saturated carbocycles. The fraction of sp³-hybridized carbons (Fsp3) is 0.182. The first-order valence-electron chi connectivity index (χ1n) is 9.35. The smallest absolute Gasteiger partial charge is 0.241 e. The first-order chi connectivity index (χ1) is 13.9. The Balaban J connectivity index is 0.00000320. The summed E-state index contributed by atoms with van der Waals surface area (Å²) < 4.78 is 30.6. The van der Waals surface area contributed by atoms with Crippen LogP contribution in [0.3, 0.4) is 0 Å². The van der Waals surface area contributed by atoms with Crippen LogP contribution >= 0.6 is 12.4 Å². The molecule has 0 aliphatic heterocycles. The Morgan fingerprint density at radius 3 is 2.17 bits per heavy atom. The second kappa shape index (κ2) is 10.4. The van der Waals surface area contributed by atoms with Gasteiger partial charge in [-0.1, -0.05) is 48.5 Å². The summed E-state index contributed by atoms with van der Waals surface area (Å²) >= 11 is 0. The van der Waals surface area contributed by atoms with E-state index in [4.69, 9.17) is 15.6 Å². The number of benzene rings is 3. The predicted molar refractivity (Wildman–Crippen MR) is 123 cm³/mol. The molecule has 1 atom stereocenters. The molecule has 3 aromatic carbocycles. The summed E-state index contributed by atoms with van der Waals surface area (Å²) in [5.74, 6) is 0.697. The Hall–Kier alpha value is -2.58. The van der Waals surface area contributed by atoms with Gasteiger partial charge in [-0.15, -0.1) is 12.4 Å². The van der Waals surface area contributed by atoms with Crippen molar-refractivity contribution >= 4 is 28.1 Å².